The Hall–Kier alpha value is -3.14. The highest BCUT2D eigenvalue weighted by Crippen LogP contribution is 2.22. The molecule has 0 bridgehead atoms. The topological polar surface area (TPSA) is 42.4 Å². The van der Waals surface area contributed by atoms with Crippen LogP contribution in [-0.4, -0.2) is 35.0 Å². The number of aromatic nitrogens is 1. The van der Waals surface area contributed by atoms with Crippen LogP contribution >= 0.6 is 0 Å². The third-order valence-corrected chi connectivity index (χ3v) is 4.60. The second-order valence-corrected chi connectivity index (χ2v) is 6.39. The van der Waals surface area contributed by atoms with E-state index in [2.05, 4.69) is 17.1 Å². The largest absolute Gasteiger partial charge is 0.472 e. The molecule has 2 aromatic carbocycles. The summed E-state index contributed by atoms with van der Waals surface area (Å²) in [6, 6.07) is 23.6. The number of amides is 1. The van der Waals surface area contributed by atoms with Crippen molar-refractivity contribution in [2.24, 2.45) is 0 Å². The standard InChI is InChI=1S/C22H20N2O2/c25-22(19-11-9-18(10-12-19)17-6-2-1-3-7-17)24-15-13-20(16-24)26-21-8-4-5-14-23-21/h1-12,14,20H,13,15-16H2. The highest BCUT2D eigenvalue weighted by atomic mass is 16.5. The first-order valence-electron chi connectivity index (χ1n) is 8.82. The predicted molar refractivity (Wildman–Crippen MR) is 101 cm³/mol. The van der Waals surface area contributed by atoms with Crippen LogP contribution in [0.15, 0.2) is 79.0 Å². The highest BCUT2D eigenvalue weighted by Gasteiger charge is 2.28. The molecule has 0 N–H and O–H groups in total. The van der Waals surface area contributed by atoms with Gasteiger partial charge in [-0.05, 0) is 29.3 Å². The van der Waals surface area contributed by atoms with Crippen molar-refractivity contribution in [3.8, 4) is 17.0 Å². The minimum absolute atomic E-state index is 0.00237. The van der Waals surface area contributed by atoms with Crippen molar-refractivity contribution in [3.63, 3.8) is 0 Å². The van der Waals surface area contributed by atoms with Crippen molar-refractivity contribution in [1.82, 2.24) is 9.88 Å². The zero-order valence-corrected chi connectivity index (χ0v) is 14.4. The number of nitrogens with zero attached hydrogens (tertiary/aromatic N) is 2. The summed E-state index contributed by atoms with van der Waals surface area (Å²) >= 11 is 0. The average Bonchev–Trinajstić information content (AvgIpc) is 3.17. The summed E-state index contributed by atoms with van der Waals surface area (Å²) in [5.74, 6) is 0.663. The first kappa shape index (κ1) is 16.3. The number of carbonyl (C=O) groups is 1. The third-order valence-electron chi connectivity index (χ3n) is 4.60. The van der Waals surface area contributed by atoms with Crippen LogP contribution in [0.2, 0.25) is 0 Å². The number of rotatable bonds is 4. The van der Waals surface area contributed by atoms with Crippen molar-refractivity contribution < 1.29 is 9.53 Å². The second-order valence-electron chi connectivity index (χ2n) is 6.39. The number of hydrogen-bond acceptors (Lipinski definition) is 3. The van der Waals surface area contributed by atoms with Gasteiger partial charge in [0.15, 0.2) is 0 Å². The minimum atomic E-state index is -0.00237. The Balaban J connectivity index is 1.40. The lowest BCUT2D eigenvalue weighted by molar-refractivity contribution is 0.0771. The fraction of sp³-hybridized carbons (Fsp3) is 0.182. The molecule has 1 saturated heterocycles. The molecule has 1 amide bonds. The molecule has 1 aliphatic heterocycles. The molecule has 0 saturated carbocycles. The lowest BCUT2D eigenvalue weighted by Crippen LogP contribution is -2.31. The Labute approximate surface area is 153 Å². The molecule has 130 valence electrons. The molecule has 0 spiro atoms. The Morgan fingerprint density at radius 1 is 0.923 bits per heavy atom. The van der Waals surface area contributed by atoms with Crippen LogP contribution in [0.5, 0.6) is 5.88 Å². The summed E-state index contributed by atoms with van der Waals surface area (Å²) in [6.07, 6.45) is 2.53. The van der Waals surface area contributed by atoms with Crippen molar-refractivity contribution in [2.75, 3.05) is 13.1 Å². The van der Waals surface area contributed by atoms with E-state index in [1.54, 1.807) is 6.20 Å². The van der Waals surface area contributed by atoms with Gasteiger partial charge in [0, 0.05) is 30.8 Å². The SMILES string of the molecule is O=C(c1ccc(-c2ccccc2)cc1)N1CCC(Oc2ccccn2)C1. The van der Waals surface area contributed by atoms with E-state index in [0.29, 0.717) is 24.5 Å². The van der Waals surface area contributed by atoms with Gasteiger partial charge in [-0.25, -0.2) is 4.98 Å². The van der Waals surface area contributed by atoms with E-state index in [-0.39, 0.29) is 12.0 Å². The van der Waals surface area contributed by atoms with Gasteiger partial charge in [0.05, 0.1) is 6.54 Å². The molecular formula is C22H20N2O2. The molecule has 1 aromatic heterocycles. The maximum absolute atomic E-state index is 12.7. The fourth-order valence-corrected chi connectivity index (χ4v) is 3.21. The zero-order chi connectivity index (χ0) is 17.8. The molecule has 2 heterocycles. The van der Waals surface area contributed by atoms with Crippen molar-refractivity contribution in [1.29, 1.82) is 0 Å². The summed E-state index contributed by atoms with van der Waals surface area (Å²) in [5, 5.41) is 0. The first-order valence-corrected chi connectivity index (χ1v) is 8.82. The van der Waals surface area contributed by atoms with E-state index in [0.717, 1.165) is 17.5 Å². The van der Waals surface area contributed by atoms with E-state index in [1.807, 2.05) is 65.6 Å². The Morgan fingerprint density at radius 2 is 1.65 bits per heavy atom. The molecule has 3 aromatic rings. The average molecular weight is 344 g/mol. The summed E-state index contributed by atoms with van der Waals surface area (Å²) in [5.41, 5.74) is 2.97. The van der Waals surface area contributed by atoms with Crippen molar-refractivity contribution in [2.45, 2.75) is 12.5 Å². The van der Waals surface area contributed by atoms with Gasteiger partial charge < -0.3 is 9.64 Å². The second kappa shape index (κ2) is 7.40. The van der Waals surface area contributed by atoms with Gasteiger partial charge in [-0.3, -0.25) is 4.79 Å². The van der Waals surface area contributed by atoms with E-state index < -0.39 is 0 Å². The smallest absolute Gasteiger partial charge is 0.253 e. The molecule has 4 nitrogen and oxygen atoms in total. The number of hydrogen-bond donors (Lipinski definition) is 0. The fourth-order valence-electron chi connectivity index (χ4n) is 3.21. The number of carbonyl (C=O) groups excluding carboxylic acids is 1. The van der Waals surface area contributed by atoms with Crippen LogP contribution in [0.4, 0.5) is 0 Å². The van der Waals surface area contributed by atoms with Crippen LogP contribution < -0.4 is 4.74 Å². The maximum Gasteiger partial charge on any atom is 0.253 e. The Morgan fingerprint density at radius 3 is 2.38 bits per heavy atom. The monoisotopic (exact) mass is 344 g/mol. The summed E-state index contributed by atoms with van der Waals surface area (Å²) in [6.45, 7) is 1.30. The van der Waals surface area contributed by atoms with Crippen LogP contribution in [-0.2, 0) is 0 Å². The first-order chi connectivity index (χ1) is 12.8. The normalized spacial score (nSPS) is 16.5. The van der Waals surface area contributed by atoms with Gasteiger partial charge in [0.25, 0.3) is 5.91 Å². The van der Waals surface area contributed by atoms with Crippen LogP contribution in [0.25, 0.3) is 11.1 Å². The Bertz CT molecular complexity index is 864. The number of likely N-dealkylation sites (tertiary alicyclic amines) is 1. The molecular weight excluding hydrogens is 324 g/mol. The van der Waals surface area contributed by atoms with Gasteiger partial charge in [-0.1, -0.05) is 48.5 Å². The quantitative estimate of drug-likeness (QED) is 0.717. The van der Waals surface area contributed by atoms with Crippen molar-refractivity contribution >= 4 is 5.91 Å². The number of ether oxygens (including phenoxy) is 1. The van der Waals surface area contributed by atoms with Crippen LogP contribution in [0.3, 0.4) is 0 Å². The molecule has 1 aliphatic rings. The zero-order valence-electron chi connectivity index (χ0n) is 14.4. The molecule has 26 heavy (non-hydrogen) atoms. The van der Waals surface area contributed by atoms with Crippen LogP contribution in [0.1, 0.15) is 16.8 Å². The third kappa shape index (κ3) is 3.59. The van der Waals surface area contributed by atoms with Gasteiger partial charge in [0.2, 0.25) is 5.88 Å². The molecule has 0 aliphatic carbocycles. The minimum Gasteiger partial charge on any atom is -0.472 e. The van der Waals surface area contributed by atoms with Crippen LogP contribution in [0, 0.1) is 0 Å². The molecule has 1 fully saturated rings. The number of benzene rings is 2. The molecule has 1 unspecified atom stereocenters. The van der Waals surface area contributed by atoms with Gasteiger partial charge in [-0.15, -0.1) is 0 Å². The molecule has 4 heteroatoms. The molecule has 0 radical (unpaired) electrons. The lowest BCUT2D eigenvalue weighted by atomic mass is 10.0. The van der Waals surface area contributed by atoms with Gasteiger partial charge in [-0.2, -0.15) is 0 Å². The van der Waals surface area contributed by atoms with Gasteiger partial charge in [0.1, 0.15) is 6.10 Å². The van der Waals surface area contributed by atoms with Gasteiger partial charge >= 0.3 is 0 Å². The summed E-state index contributed by atoms with van der Waals surface area (Å²) in [4.78, 5) is 18.8. The van der Waals surface area contributed by atoms with E-state index in [1.165, 1.54) is 0 Å². The van der Waals surface area contributed by atoms with E-state index in [4.69, 9.17) is 4.74 Å². The maximum atomic E-state index is 12.7. The summed E-state index contributed by atoms with van der Waals surface area (Å²) < 4.78 is 5.86. The Kier molecular flexibility index (Phi) is 4.65. The molecule has 4 rings (SSSR count). The lowest BCUT2D eigenvalue weighted by Gasteiger charge is -2.17. The van der Waals surface area contributed by atoms with Crippen molar-refractivity contribution in [3.05, 3.63) is 84.6 Å². The number of pyridine rings is 1. The summed E-state index contributed by atoms with van der Waals surface area (Å²) in [7, 11) is 0. The van der Waals surface area contributed by atoms with E-state index >= 15 is 0 Å². The molecule has 1 atom stereocenters. The van der Waals surface area contributed by atoms with E-state index in [9.17, 15) is 4.79 Å². The predicted octanol–water partition coefficient (Wildman–Crippen LogP) is 4.04. The highest BCUT2D eigenvalue weighted by molar-refractivity contribution is 5.95.